The van der Waals surface area contributed by atoms with Gasteiger partial charge in [-0.15, -0.1) is 11.3 Å². The number of hydrogen-bond donors (Lipinski definition) is 1. The van der Waals surface area contributed by atoms with Gasteiger partial charge in [-0.25, -0.2) is 0 Å². The van der Waals surface area contributed by atoms with Gasteiger partial charge in [0, 0.05) is 17.1 Å². The molecular weight excluding hydrogens is 240 g/mol. The fourth-order valence-corrected chi connectivity index (χ4v) is 2.63. The van der Waals surface area contributed by atoms with Crippen molar-refractivity contribution in [3.8, 4) is 0 Å². The molecule has 2 nitrogen and oxygen atoms in total. The summed E-state index contributed by atoms with van der Waals surface area (Å²) in [7, 11) is 0. The van der Waals surface area contributed by atoms with Crippen molar-refractivity contribution in [2.75, 3.05) is 6.54 Å². The highest BCUT2D eigenvalue weighted by molar-refractivity contribution is 7.09. The Morgan fingerprint density at radius 3 is 2.61 bits per heavy atom. The van der Waals surface area contributed by atoms with Crippen LogP contribution in [0, 0.1) is 11.3 Å². The number of aromatic nitrogens is 1. The normalized spacial score (nSPS) is 15.6. The Labute approximate surface area is 116 Å². The molecule has 1 heterocycles. The molecule has 1 aromatic heterocycles. The largest absolute Gasteiger partial charge is 0.314 e. The molecule has 18 heavy (non-hydrogen) atoms. The van der Waals surface area contributed by atoms with E-state index in [4.69, 9.17) is 0 Å². The molecule has 3 heteroatoms. The van der Waals surface area contributed by atoms with Crippen molar-refractivity contribution >= 4 is 11.3 Å². The third kappa shape index (κ3) is 5.49. The van der Waals surface area contributed by atoms with Gasteiger partial charge in [0.15, 0.2) is 0 Å². The van der Waals surface area contributed by atoms with Crippen LogP contribution in [0.25, 0.3) is 0 Å². The molecular formula is C15H28N2S. The average Bonchev–Trinajstić information content (AvgIpc) is 2.77. The second-order valence-electron chi connectivity index (χ2n) is 6.33. The molecule has 0 aliphatic carbocycles. The molecule has 0 saturated carbocycles. The Bertz CT molecular complexity index is 314. The maximum atomic E-state index is 4.17. The second kappa shape index (κ2) is 7.25. The third-order valence-electron chi connectivity index (χ3n) is 3.73. The SMILES string of the molecule is CCCNC(Cc1cncs1)CC(C)C(C)(C)C. The van der Waals surface area contributed by atoms with Crippen LogP contribution < -0.4 is 5.32 Å². The van der Waals surface area contributed by atoms with Gasteiger partial charge < -0.3 is 5.32 Å². The first-order valence-corrected chi connectivity index (χ1v) is 7.92. The van der Waals surface area contributed by atoms with Crippen LogP contribution in [-0.2, 0) is 6.42 Å². The minimum Gasteiger partial charge on any atom is -0.314 e. The van der Waals surface area contributed by atoms with Crippen molar-refractivity contribution in [1.29, 1.82) is 0 Å². The van der Waals surface area contributed by atoms with Gasteiger partial charge in [-0.3, -0.25) is 4.98 Å². The van der Waals surface area contributed by atoms with Gasteiger partial charge in [-0.2, -0.15) is 0 Å². The lowest BCUT2D eigenvalue weighted by Gasteiger charge is -2.31. The average molecular weight is 268 g/mol. The highest BCUT2D eigenvalue weighted by Crippen LogP contribution is 2.29. The summed E-state index contributed by atoms with van der Waals surface area (Å²) < 4.78 is 0. The summed E-state index contributed by atoms with van der Waals surface area (Å²) in [4.78, 5) is 5.57. The van der Waals surface area contributed by atoms with E-state index in [9.17, 15) is 0 Å². The first-order chi connectivity index (χ1) is 8.43. The van der Waals surface area contributed by atoms with Gasteiger partial charge in [-0.1, -0.05) is 34.6 Å². The molecule has 1 N–H and O–H groups in total. The minimum absolute atomic E-state index is 0.389. The van der Waals surface area contributed by atoms with Crippen LogP contribution in [0.1, 0.15) is 52.3 Å². The zero-order valence-corrected chi connectivity index (χ0v) is 13.3. The molecule has 0 aliphatic heterocycles. The fraction of sp³-hybridized carbons (Fsp3) is 0.800. The standard InChI is InChI=1S/C15H28N2S/c1-6-7-17-13(8-12(2)15(3,4)5)9-14-10-16-11-18-14/h10-13,17H,6-9H2,1-5H3. The molecule has 2 atom stereocenters. The van der Waals surface area contributed by atoms with Crippen molar-refractivity contribution in [2.24, 2.45) is 11.3 Å². The summed E-state index contributed by atoms with van der Waals surface area (Å²) >= 11 is 1.77. The van der Waals surface area contributed by atoms with Crippen LogP contribution in [0.4, 0.5) is 0 Å². The molecule has 0 saturated heterocycles. The van der Waals surface area contributed by atoms with Gasteiger partial charge in [-0.05, 0) is 37.1 Å². The zero-order chi connectivity index (χ0) is 13.6. The van der Waals surface area contributed by atoms with Crippen LogP contribution in [0.15, 0.2) is 11.7 Å². The Morgan fingerprint density at radius 2 is 2.11 bits per heavy atom. The summed E-state index contributed by atoms with van der Waals surface area (Å²) in [5, 5.41) is 3.69. The van der Waals surface area contributed by atoms with E-state index in [1.807, 2.05) is 11.7 Å². The van der Waals surface area contributed by atoms with Crippen LogP contribution in [0.5, 0.6) is 0 Å². The van der Waals surface area contributed by atoms with Gasteiger partial charge in [0.25, 0.3) is 0 Å². The van der Waals surface area contributed by atoms with E-state index >= 15 is 0 Å². The van der Waals surface area contributed by atoms with E-state index in [2.05, 4.69) is 44.9 Å². The van der Waals surface area contributed by atoms with Crippen molar-refractivity contribution in [3.05, 3.63) is 16.6 Å². The molecule has 1 aromatic rings. The Kier molecular flexibility index (Phi) is 6.30. The molecule has 0 spiro atoms. The number of thiazole rings is 1. The maximum Gasteiger partial charge on any atom is 0.0794 e. The highest BCUT2D eigenvalue weighted by atomic mass is 32.1. The summed E-state index contributed by atoms with van der Waals surface area (Å²) in [6.07, 6.45) is 5.56. The van der Waals surface area contributed by atoms with Crippen molar-refractivity contribution in [1.82, 2.24) is 10.3 Å². The molecule has 104 valence electrons. The van der Waals surface area contributed by atoms with Crippen molar-refractivity contribution in [2.45, 2.75) is 59.9 Å². The number of nitrogens with zero attached hydrogens (tertiary/aromatic N) is 1. The lowest BCUT2D eigenvalue weighted by Crippen LogP contribution is -2.35. The topological polar surface area (TPSA) is 24.9 Å². The van der Waals surface area contributed by atoms with E-state index in [1.54, 1.807) is 11.3 Å². The Balaban J connectivity index is 2.55. The summed E-state index contributed by atoms with van der Waals surface area (Å²) in [5.74, 6) is 0.722. The maximum absolute atomic E-state index is 4.17. The van der Waals surface area contributed by atoms with Gasteiger partial charge >= 0.3 is 0 Å². The van der Waals surface area contributed by atoms with E-state index in [-0.39, 0.29) is 0 Å². The molecule has 0 fully saturated rings. The van der Waals surface area contributed by atoms with E-state index in [0.29, 0.717) is 11.5 Å². The van der Waals surface area contributed by atoms with Crippen molar-refractivity contribution < 1.29 is 0 Å². The molecule has 0 bridgehead atoms. The molecule has 0 amide bonds. The number of hydrogen-bond acceptors (Lipinski definition) is 3. The molecule has 0 aliphatic rings. The van der Waals surface area contributed by atoms with Crippen LogP contribution in [0.2, 0.25) is 0 Å². The first-order valence-electron chi connectivity index (χ1n) is 7.04. The monoisotopic (exact) mass is 268 g/mol. The number of rotatable bonds is 7. The predicted molar refractivity (Wildman–Crippen MR) is 81.1 cm³/mol. The fourth-order valence-electron chi connectivity index (χ4n) is 1.95. The lowest BCUT2D eigenvalue weighted by molar-refractivity contribution is 0.222. The summed E-state index contributed by atoms with van der Waals surface area (Å²) in [6.45, 7) is 12.7. The first kappa shape index (κ1) is 15.6. The van der Waals surface area contributed by atoms with E-state index < -0.39 is 0 Å². The second-order valence-corrected chi connectivity index (χ2v) is 7.30. The Hall–Kier alpha value is -0.410. The van der Waals surface area contributed by atoms with E-state index in [0.717, 1.165) is 18.9 Å². The predicted octanol–water partition coefficient (Wildman–Crippen LogP) is 4.13. The van der Waals surface area contributed by atoms with Crippen LogP contribution in [-0.4, -0.2) is 17.6 Å². The number of nitrogens with one attached hydrogen (secondary N) is 1. The zero-order valence-electron chi connectivity index (χ0n) is 12.5. The summed E-state index contributed by atoms with van der Waals surface area (Å²) in [5.41, 5.74) is 2.32. The van der Waals surface area contributed by atoms with Gasteiger partial charge in [0.05, 0.1) is 5.51 Å². The van der Waals surface area contributed by atoms with Crippen LogP contribution in [0.3, 0.4) is 0 Å². The minimum atomic E-state index is 0.389. The van der Waals surface area contributed by atoms with Gasteiger partial charge in [0.1, 0.15) is 0 Å². The molecule has 2 unspecified atom stereocenters. The van der Waals surface area contributed by atoms with Crippen LogP contribution >= 0.6 is 11.3 Å². The Morgan fingerprint density at radius 1 is 1.39 bits per heavy atom. The molecule has 0 aromatic carbocycles. The lowest BCUT2D eigenvalue weighted by atomic mass is 9.78. The van der Waals surface area contributed by atoms with E-state index in [1.165, 1.54) is 17.7 Å². The highest BCUT2D eigenvalue weighted by Gasteiger charge is 2.23. The van der Waals surface area contributed by atoms with Crippen molar-refractivity contribution in [3.63, 3.8) is 0 Å². The molecule has 0 radical (unpaired) electrons. The third-order valence-corrected chi connectivity index (χ3v) is 4.53. The quantitative estimate of drug-likeness (QED) is 0.804. The summed E-state index contributed by atoms with van der Waals surface area (Å²) in [6, 6.07) is 0.583. The molecule has 1 rings (SSSR count). The van der Waals surface area contributed by atoms with Gasteiger partial charge in [0.2, 0.25) is 0 Å². The smallest absolute Gasteiger partial charge is 0.0794 e.